The van der Waals surface area contributed by atoms with E-state index in [9.17, 15) is 8.42 Å². The molecule has 0 aliphatic carbocycles. The second-order valence-corrected chi connectivity index (χ2v) is 7.48. The molecule has 7 heteroatoms. The minimum absolute atomic E-state index is 0.243. The van der Waals surface area contributed by atoms with Gasteiger partial charge in [-0.25, -0.2) is 13.1 Å². The number of nitrogens with one attached hydrogen (secondary N) is 2. The van der Waals surface area contributed by atoms with E-state index in [2.05, 4.69) is 39.8 Å². The van der Waals surface area contributed by atoms with Crippen LogP contribution in [-0.2, 0) is 21.3 Å². The normalized spacial score (nSPS) is 12.0. The van der Waals surface area contributed by atoms with E-state index in [-0.39, 0.29) is 11.4 Å². The highest BCUT2D eigenvalue weighted by Gasteiger charge is 2.17. The van der Waals surface area contributed by atoms with E-state index >= 15 is 0 Å². The van der Waals surface area contributed by atoms with Gasteiger partial charge >= 0.3 is 0 Å². The van der Waals surface area contributed by atoms with Crippen LogP contribution in [0.5, 0.6) is 0 Å². The van der Waals surface area contributed by atoms with Gasteiger partial charge in [0.05, 0.1) is 11.5 Å². The van der Waals surface area contributed by atoms with Crippen molar-refractivity contribution in [2.75, 3.05) is 19.8 Å². The molecule has 5 nitrogen and oxygen atoms in total. The standard InChI is InChI=1S/C14H23BrN2O3S/c1-4-20-8-7-17-21(18,19)14-6-5-12(9-13(14)15)10-16-11(2)3/h5-6,9,11,16-17H,4,7-8,10H2,1-3H3. The second-order valence-electron chi connectivity index (χ2n) is 4.90. The third kappa shape index (κ3) is 6.44. The predicted molar refractivity (Wildman–Crippen MR) is 87.8 cm³/mol. The SMILES string of the molecule is CCOCCNS(=O)(=O)c1ccc(CNC(C)C)cc1Br. The monoisotopic (exact) mass is 378 g/mol. The zero-order chi connectivity index (χ0) is 15.9. The van der Waals surface area contributed by atoms with Gasteiger partial charge in [0.1, 0.15) is 0 Å². The van der Waals surface area contributed by atoms with Crippen LogP contribution in [0.15, 0.2) is 27.6 Å². The van der Waals surface area contributed by atoms with Gasteiger partial charge in [0.2, 0.25) is 10.0 Å². The number of ether oxygens (including phenoxy) is 1. The van der Waals surface area contributed by atoms with Gasteiger partial charge in [-0.1, -0.05) is 19.9 Å². The third-order valence-corrected chi connectivity index (χ3v) is 5.18. The van der Waals surface area contributed by atoms with Crippen molar-refractivity contribution in [2.45, 2.75) is 38.3 Å². The largest absolute Gasteiger partial charge is 0.380 e. The van der Waals surface area contributed by atoms with Crippen molar-refractivity contribution >= 4 is 26.0 Å². The van der Waals surface area contributed by atoms with Crippen LogP contribution in [0.3, 0.4) is 0 Å². The van der Waals surface area contributed by atoms with Crippen molar-refractivity contribution in [1.29, 1.82) is 0 Å². The van der Waals surface area contributed by atoms with Crippen molar-refractivity contribution in [3.8, 4) is 0 Å². The van der Waals surface area contributed by atoms with E-state index in [4.69, 9.17) is 4.74 Å². The first-order chi connectivity index (χ1) is 9.86. The Labute approximate surface area is 135 Å². The third-order valence-electron chi connectivity index (χ3n) is 2.74. The molecular weight excluding hydrogens is 356 g/mol. The maximum atomic E-state index is 12.2. The van der Waals surface area contributed by atoms with Gasteiger partial charge in [-0.05, 0) is 40.5 Å². The molecule has 1 aromatic carbocycles. The maximum absolute atomic E-state index is 12.2. The minimum Gasteiger partial charge on any atom is -0.380 e. The molecule has 2 N–H and O–H groups in total. The summed E-state index contributed by atoms with van der Waals surface area (Å²) in [5.41, 5.74) is 1.03. The predicted octanol–water partition coefficient (Wildman–Crippen LogP) is 2.26. The Morgan fingerprint density at radius 2 is 2.05 bits per heavy atom. The van der Waals surface area contributed by atoms with Gasteiger partial charge in [-0.3, -0.25) is 0 Å². The first-order valence-electron chi connectivity index (χ1n) is 6.96. The highest BCUT2D eigenvalue weighted by Crippen LogP contribution is 2.23. The van der Waals surface area contributed by atoms with Crippen molar-refractivity contribution < 1.29 is 13.2 Å². The van der Waals surface area contributed by atoms with Crippen LogP contribution in [0.4, 0.5) is 0 Å². The Morgan fingerprint density at radius 3 is 2.62 bits per heavy atom. The Kier molecular flexibility index (Phi) is 7.83. The average Bonchev–Trinajstić information content (AvgIpc) is 2.41. The molecule has 0 aliphatic heterocycles. The number of hydrogen-bond donors (Lipinski definition) is 2. The summed E-state index contributed by atoms with van der Waals surface area (Å²) in [5, 5.41) is 3.29. The molecule has 0 amide bonds. The summed E-state index contributed by atoms with van der Waals surface area (Å²) in [6, 6.07) is 5.64. The number of hydrogen-bond acceptors (Lipinski definition) is 4. The van der Waals surface area contributed by atoms with Crippen LogP contribution >= 0.6 is 15.9 Å². The van der Waals surface area contributed by atoms with Gasteiger partial charge in [0.25, 0.3) is 0 Å². The van der Waals surface area contributed by atoms with Crippen molar-refractivity contribution in [3.63, 3.8) is 0 Å². The Hall–Kier alpha value is -0.470. The molecule has 0 spiro atoms. The lowest BCUT2D eigenvalue weighted by Crippen LogP contribution is -2.28. The quantitative estimate of drug-likeness (QED) is 0.646. The fourth-order valence-corrected chi connectivity index (χ4v) is 3.80. The highest BCUT2D eigenvalue weighted by atomic mass is 79.9. The lowest BCUT2D eigenvalue weighted by molar-refractivity contribution is 0.153. The Bertz CT molecular complexity index is 547. The molecule has 0 atom stereocenters. The van der Waals surface area contributed by atoms with E-state index in [1.165, 1.54) is 0 Å². The first-order valence-corrected chi connectivity index (χ1v) is 9.23. The highest BCUT2D eigenvalue weighted by molar-refractivity contribution is 9.10. The summed E-state index contributed by atoms with van der Waals surface area (Å²) in [6.07, 6.45) is 0. The van der Waals surface area contributed by atoms with Gasteiger partial charge in [0.15, 0.2) is 0 Å². The van der Waals surface area contributed by atoms with Crippen LogP contribution in [0.25, 0.3) is 0 Å². The zero-order valence-electron chi connectivity index (χ0n) is 12.6. The van der Waals surface area contributed by atoms with Crippen LogP contribution in [0, 0.1) is 0 Å². The topological polar surface area (TPSA) is 67.4 Å². The summed E-state index contributed by atoms with van der Waals surface area (Å²) in [6.45, 7) is 7.90. The van der Waals surface area contributed by atoms with Crippen LogP contribution in [0.1, 0.15) is 26.3 Å². The Morgan fingerprint density at radius 1 is 1.33 bits per heavy atom. The molecule has 1 aromatic rings. The van der Waals surface area contributed by atoms with Crippen molar-refractivity contribution in [1.82, 2.24) is 10.0 Å². The van der Waals surface area contributed by atoms with Gasteiger partial charge < -0.3 is 10.1 Å². The molecule has 0 bridgehead atoms. The van der Waals surface area contributed by atoms with E-state index in [1.807, 2.05) is 19.1 Å². The molecule has 1 rings (SSSR count). The van der Waals surface area contributed by atoms with E-state index in [1.54, 1.807) is 6.07 Å². The fourth-order valence-electron chi connectivity index (χ4n) is 1.66. The van der Waals surface area contributed by atoms with Gasteiger partial charge in [0, 0.05) is 30.2 Å². The molecule has 120 valence electrons. The number of halogens is 1. The summed E-state index contributed by atoms with van der Waals surface area (Å²) in [7, 11) is -3.52. The average molecular weight is 379 g/mol. The first kappa shape index (κ1) is 18.6. The van der Waals surface area contributed by atoms with Crippen molar-refractivity contribution in [3.05, 3.63) is 28.2 Å². The summed E-state index contributed by atoms with van der Waals surface area (Å²) < 4.78 is 32.6. The van der Waals surface area contributed by atoms with E-state index in [0.717, 1.165) is 5.56 Å². The zero-order valence-corrected chi connectivity index (χ0v) is 15.1. The summed E-state index contributed by atoms with van der Waals surface area (Å²) in [5.74, 6) is 0. The molecule has 0 saturated carbocycles. The van der Waals surface area contributed by atoms with Crippen LogP contribution in [0.2, 0.25) is 0 Å². The molecule has 0 unspecified atom stereocenters. The van der Waals surface area contributed by atoms with E-state index in [0.29, 0.717) is 30.3 Å². The van der Waals surface area contributed by atoms with Gasteiger partial charge in [-0.15, -0.1) is 0 Å². The van der Waals surface area contributed by atoms with Crippen LogP contribution < -0.4 is 10.0 Å². The fraction of sp³-hybridized carbons (Fsp3) is 0.571. The summed E-state index contributed by atoms with van der Waals surface area (Å²) in [4.78, 5) is 0.243. The lowest BCUT2D eigenvalue weighted by atomic mass is 10.2. The molecule has 0 heterocycles. The number of sulfonamides is 1. The smallest absolute Gasteiger partial charge is 0.241 e. The number of benzene rings is 1. The van der Waals surface area contributed by atoms with Gasteiger partial charge in [-0.2, -0.15) is 0 Å². The molecule has 0 saturated heterocycles. The minimum atomic E-state index is -3.52. The van der Waals surface area contributed by atoms with Crippen LogP contribution in [-0.4, -0.2) is 34.2 Å². The molecule has 0 aliphatic rings. The Balaban J connectivity index is 2.74. The molecule has 0 fully saturated rings. The molecule has 0 radical (unpaired) electrons. The number of rotatable bonds is 9. The summed E-state index contributed by atoms with van der Waals surface area (Å²) >= 11 is 3.33. The molecular formula is C14H23BrN2O3S. The van der Waals surface area contributed by atoms with Crippen molar-refractivity contribution in [2.24, 2.45) is 0 Å². The maximum Gasteiger partial charge on any atom is 0.241 e. The molecule has 21 heavy (non-hydrogen) atoms. The second kappa shape index (κ2) is 8.85. The van der Waals surface area contributed by atoms with E-state index < -0.39 is 10.0 Å². The lowest BCUT2D eigenvalue weighted by Gasteiger charge is -2.11. The molecule has 0 aromatic heterocycles.